The number of carbonyl (C=O) groups excluding carboxylic acids is 1. The summed E-state index contributed by atoms with van der Waals surface area (Å²) in [6.45, 7) is 2.26. The Morgan fingerprint density at radius 1 is 1.06 bits per heavy atom. The number of hydrogen-bond donors (Lipinski definition) is 1. The van der Waals surface area contributed by atoms with Crippen molar-refractivity contribution in [1.29, 1.82) is 0 Å². The molecule has 0 saturated heterocycles. The number of nitrogens with one attached hydrogen (secondary N) is 1. The SMILES string of the molecule is COc1ccccc1NS(=O)(=O)c1ccc(/C=C/C(=O)N(C)C2CCC(C)CC2)cc1. The van der Waals surface area contributed by atoms with E-state index in [1.165, 1.54) is 19.2 Å². The summed E-state index contributed by atoms with van der Waals surface area (Å²) in [5.41, 5.74) is 1.13. The summed E-state index contributed by atoms with van der Waals surface area (Å²) in [7, 11) is -0.414. The Kier molecular flexibility index (Phi) is 7.38. The average molecular weight is 443 g/mol. The van der Waals surface area contributed by atoms with E-state index in [2.05, 4.69) is 11.6 Å². The summed E-state index contributed by atoms with van der Waals surface area (Å²) in [6, 6.07) is 13.5. The van der Waals surface area contributed by atoms with Crippen LogP contribution in [0.25, 0.3) is 6.08 Å². The molecule has 2 aromatic rings. The molecule has 3 rings (SSSR count). The lowest BCUT2D eigenvalue weighted by Crippen LogP contribution is -2.38. The molecule has 1 N–H and O–H groups in total. The van der Waals surface area contributed by atoms with E-state index in [1.807, 2.05) is 11.9 Å². The van der Waals surface area contributed by atoms with Crippen LogP contribution in [0.2, 0.25) is 0 Å². The second-order valence-corrected chi connectivity index (χ2v) is 9.75. The second kappa shape index (κ2) is 10.0. The number of hydrogen-bond acceptors (Lipinski definition) is 4. The normalized spacial score (nSPS) is 19.2. The van der Waals surface area contributed by atoms with Gasteiger partial charge in [-0.2, -0.15) is 0 Å². The zero-order chi connectivity index (χ0) is 22.4. The van der Waals surface area contributed by atoms with Gasteiger partial charge >= 0.3 is 0 Å². The van der Waals surface area contributed by atoms with E-state index in [1.54, 1.807) is 48.6 Å². The minimum absolute atomic E-state index is 0.0332. The van der Waals surface area contributed by atoms with Crippen molar-refractivity contribution in [2.75, 3.05) is 18.9 Å². The molecule has 1 aliphatic rings. The minimum atomic E-state index is -3.76. The van der Waals surface area contributed by atoms with Crippen LogP contribution in [-0.4, -0.2) is 39.4 Å². The fourth-order valence-electron chi connectivity index (χ4n) is 3.79. The maximum atomic E-state index is 12.7. The van der Waals surface area contributed by atoms with Gasteiger partial charge < -0.3 is 9.64 Å². The van der Waals surface area contributed by atoms with Crippen LogP contribution in [0.5, 0.6) is 5.75 Å². The molecule has 1 amide bonds. The monoisotopic (exact) mass is 442 g/mol. The Morgan fingerprint density at radius 3 is 2.35 bits per heavy atom. The molecule has 0 heterocycles. The second-order valence-electron chi connectivity index (χ2n) is 8.07. The third-order valence-corrected chi connectivity index (χ3v) is 7.22. The van der Waals surface area contributed by atoms with Gasteiger partial charge in [-0.25, -0.2) is 8.42 Å². The van der Waals surface area contributed by atoms with Crippen LogP contribution in [-0.2, 0) is 14.8 Å². The molecular formula is C24H30N2O4S. The van der Waals surface area contributed by atoms with Gasteiger partial charge in [-0.15, -0.1) is 0 Å². The minimum Gasteiger partial charge on any atom is -0.495 e. The van der Waals surface area contributed by atoms with Crippen molar-refractivity contribution in [2.24, 2.45) is 5.92 Å². The average Bonchev–Trinajstić information content (AvgIpc) is 2.78. The lowest BCUT2D eigenvalue weighted by atomic mass is 9.87. The fraction of sp³-hybridized carbons (Fsp3) is 0.375. The Morgan fingerprint density at radius 2 is 1.71 bits per heavy atom. The van der Waals surface area contributed by atoms with E-state index in [-0.39, 0.29) is 10.8 Å². The van der Waals surface area contributed by atoms with Crippen molar-refractivity contribution in [3.63, 3.8) is 0 Å². The molecule has 7 heteroatoms. The lowest BCUT2D eigenvalue weighted by molar-refractivity contribution is -0.127. The van der Waals surface area contributed by atoms with Crippen LogP contribution in [0.1, 0.15) is 38.2 Å². The van der Waals surface area contributed by atoms with Gasteiger partial charge in [0.05, 0.1) is 17.7 Å². The maximum Gasteiger partial charge on any atom is 0.262 e. The van der Waals surface area contributed by atoms with Crippen LogP contribution in [0, 0.1) is 5.92 Å². The van der Waals surface area contributed by atoms with Gasteiger partial charge in [0.2, 0.25) is 5.91 Å². The number of sulfonamides is 1. The Bertz CT molecular complexity index is 1020. The first kappa shape index (κ1) is 22.9. The topological polar surface area (TPSA) is 75.7 Å². The van der Waals surface area contributed by atoms with Crippen LogP contribution in [0.15, 0.2) is 59.5 Å². The molecule has 31 heavy (non-hydrogen) atoms. The zero-order valence-electron chi connectivity index (χ0n) is 18.2. The Labute approximate surface area is 185 Å². The number of benzene rings is 2. The van der Waals surface area contributed by atoms with Crippen LogP contribution in [0.4, 0.5) is 5.69 Å². The highest BCUT2D eigenvalue weighted by molar-refractivity contribution is 7.92. The number of ether oxygens (including phenoxy) is 1. The predicted molar refractivity (Wildman–Crippen MR) is 123 cm³/mol. The summed E-state index contributed by atoms with van der Waals surface area (Å²) in [4.78, 5) is 14.5. The largest absolute Gasteiger partial charge is 0.495 e. The van der Waals surface area contributed by atoms with Gasteiger partial charge in [-0.05, 0) is 67.5 Å². The number of carbonyl (C=O) groups is 1. The van der Waals surface area contributed by atoms with E-state index >= 15 is 0 Å². The highest BCUT2D eigenvalue weighted by Gasteiger charge is 2.23. The van der Waals surface area contributed by atoms with Gasteiger partial charge in [0.25, 0.3) is 10.0 Å². The molecule has 1 aliphatic carbocycles. The van der Waals surface area contributed by atoms with Gasteiger partial charge in [-0.3, -0.25) is 9.52 Å². The van der Waals surface area contributed by atoms with E-state index in [0.29, 0.717) is 17.5 Å². The van der Waals surface area contributed by atoms with Crippen LogP contribution >= 0.6 is 0 Å². The van der Waals surface area contributed by atoms with Gasteiger partial charge in [-0.1, -0.05) is 31.2 Å². The van der Waals surface area contributed by atoms with Crippen molar-refractivity contribution >= 4 is 27.7 Å². The van der Waals surface area contributed by atoms with Crippen molar-refractivity contribution < 1.29 is 17.9 Å². The van der Waals surface area contributed by atoms with E-state index in [4.69, 9.17) is 4.74 Å². The standard InChI is InChI=1S/C24H30N2O4S/c1-18-8-13-20(14-9-18)26(2)24(27)17-12-19-10-15-21(16-11-19)31(28,29)25-22-6-4-5-7-23(22)30-3/h4-7,10-12,15-18,20,25H,8-9,13-14H2,1-3H3/b17-12+. The molecule has 1 saturated carbocycles. The fourth-order valence-corrected chi connectivity index (χ4v) is 4.86. The quantitative estimate of drug-likeness (QED) is 0.639. The van der Waals surface area contributed by atoms with Crippen LogP contribution < -0.4 is 9.46 Å². The summed E-state index contributed by atoms with van der Waals surface area (Å²) >= 11 is 0. The molecule has 0 aliphatic heterocycles. The number of rotatable bonds is 7. The van der Waals surface area contributed by atoms with Gasteiger partial charge in [0.15, 0.2) is 0 Å². The number of amides is 1. The number of nitrogens with zero attached hydrogens (tertiary/aromatic N) is 1. The van der Waals surface area contributed by atoms with Crippen molar-refractivity contribution in [3.8, 4) is 5.75 Å². The van der Waals surface area contributed by atoms with Crippen molar-refractivity contribution in [1.82, 2.24) is 4.90 Å². The van der Waals surface area contributed by atoms with Crippen molar-refractivity contribution in [2.45, 2.75) is 43.5 Å². The lowest BCUT2D eigenvalue weighted by Gasteiger charge is -2.33. The van der Waals surface area contributed by atoms with E-state index in [9.17, 15) is 13.2 Å². The summed E-state index contributed by atoms with van der Waals surface area (Å²) in [6.07, 6.45) is 7.67. The molecule has 2 aromatic carbocycles. The summed E-state index contributed by atoms with van der Waals surface area (Å²) in [5, 5.41) is 0. The van der Waals surface area contributed by atoms with E-state index < -0.39 is 10.0 Å². The molecule has 0 radical (unpaired) electrons. The van der Waals surface area contributed by atoms with Gasteiger partial charge in [0, 0.05) is 19.2 Å². The first-order valence-corrected chi connectivity index (χ1v) is 12.0. The van der Waals surface area contributed by atoms with Crippen molar-refractivity contribution in [3.05, 3.63) is 60.2 Å². The molecule has 166 valence electrons. The summed E-state index contributed by atoms with van der Waals surface area (Å²) < 4.78 is 33.1. The zero-order valence-corrected chi connectivity index (χ0v) is 19.1. The first-order valence-electron chi connectivity index (χ1n) is 10.5. The Balaban J connectivity index is 1.64. The number of para-hydroxylation sites is 2. The van der Waals surface area contributed by atoms with Crippen LogP contribution in [0.3, 0.4) is 0 Å². The predicted octanol–water partition coefficient (Wildman–Crippen LogP) is 4.55. The first-order chi connectivity index (χ1) is 14.8. The number of methoxy groups -OCH3 is 1. The molecule has 0 aromatic heterocycles. The molecule has 1 fully saturated rings. The smallest absolute Gasteiger partial charge is 0.262 e. The Hall–Kier alpha value is -2.80. The molecular weight excluding hydrogens is 412 g/mol. The third kappa shape index (κ3) is 5.88. The van der Waals surface area contributed by atoms with Gasteiger partial charge in [0.1, 0.15) is 5.75 Å². The molecule has 0 unspecified atom stereocenters. The molecule has 0 spiro atoms. The highest BCUT2D eigenvalue weighted by atomic mass is 32.2. The highest BCUT2D eigenvalue weighted by Crippen LogP contribution is 2.27. The number of anilines is 1. The molecule has 6 nitrogen and oxygen atoms in total. The van der Waals surface area contributed by atoms with E-state index in [0.717, 1.165) is 37.2 Å². The third-order valence-electron chi connectivity index (χ3n) is 5.84. The summed E-state index contributed by atoms with van der Waals surface area (Å²) in [5.74, 6) is 1.15. The maximum absolute atomic E-state index is 12.7. The number of likely N-dealkylation sites (N-methyl/N-ethyl adjacent to an activating group) is 1. The molecule has 0 atom stereocenters. The molecule has 0 bridgehead atoms.